The largest absolute Gasteiger partial charge is 0.416 e. The third kappa shape index (κ3) is 7.80. The van der Waals surface area contributed by atoms with Crippen LogP contribution in [0.25, 0.3) is 0 Å². The maximum atomic E-state index is 13.3. The number of aromatic nitrogens is 1. The molecule has 0 bridgehead atoms. The minimum atomic E-state index is -4.38. The second-order valence-electron chi connectivity index (χ2n) is 9.87. The number of amides is 1. The molecule has 208 valence electrons. The Hall–Kier alpha value is -3.43. The van der Waals surface area contributed by atoms with Crippen LogP contribution in [0.4, 0.5) is 18.9 Å². The molecule has 6 nitrogen and oxygen atoms in total. The van der Waals surface area contributed by atoms with Gasteiger partial charge in [-0.05, 0) is 61.2 Å². The number of halogens is 3. The number of hydrogen-bond acceptors (Lipinski definition) is 5. The Morgan fingerprint density at radius 2 is 1.74 bits per heavy atom. The average molecular weight is 540 g/mol. The van der Waals surface area contributed by atoms with Crippen LogP contribution in [0.5, 0.6) is 0 Å². The number of nitrogens with zero attached hydrogens (tertiary/aromatic N) is 3. The number of carbonyl (C=O) groups excluding carboxylic acids is 1. The van der Waals surface area contributed by atoms with Gasteiger partial charge >= 0.3 is 6.18 Å². The minimum Gasteiger partial charge on any atom is -0.372 e. The number of alkyl halides is 3. The van der Waals surface area contributed by atoms with Gasteiger partial charge in [-0.15, -0.1) is 0 Å². The van der Waals surface area contributed by atoms with Gasteiger partial charge in [0.1, 0.15) is 0 Å². The fourth-order valence-corrected chi connectivity index (χ4v) is 5.06. The highest BCUT2D eigenvalue weighted by Gasteiger charge is 2.36. The third-order valence-electron chi connectivity index (χ3n) is 7.20. The Morgan fingerprint density at radius 3 is 2.41 bits per heavy atom. The number of hydrogen-bond donors (Lipinski definition) is 2. The third-order valence-corrected chi connectivity index (χ3v) is 7.20. The first-order valence-electron chi connectivity index (χ1n) is 13.4. The Kier molecular flexibility index (Phi) is 9.59. The molecule has 2 atom stereocenters. The van der Waals surface area contributed by atoms with Crippen LogP contribution in [-0.2, 0) is 30.6 Å². The molecule has 0 unspecified atom stereocenters. The minimum absolute atomic E-state index is 0.0383. The van der Waals surface area contributed by atoms with Crippen LogP contribution in [-0.4, -0.2) is 47.5 Å². The van der Waals surface area contributed by atoms with E-state index in [0.717, 1.165) is 36.0 Å². The summed E-state index contributed by atoms with van der Waals surface area (Å²) in [5.74, 6) is -0.0676. The second-order valence-corrected chi connectivity index (χ2v) is 9.87. The van der Waals surface area contributed by atoms with Crippen molar-refractivity contribution in [3.8, 4) is 0 Å². The molecule has 2 aromatic carbocycles. The van der Waals surface area contributed by atoms with Crippen LogP contribution in [0.3, 0.4) is 0 Å². The van der Waals surface area contributed by atoms with E-state index >= 15 is 0 Å². The molecule has 0 radical (unpaired) electrons. The fraction of sp³-hybridized carbons (Fsp3) is 0.400. The molecule has 2 heterocycles. The Bertz CT molecular complexity index is 1200. The van der Waals surface area contributed by atoms with Crippen molar-refractivity contribution in [3.63, 3.8) is 0 Å². The number of rotatable bonds is 11. The van der Waals surface area contributed by atoms with Gasteiger partial charge in [0.2, 0.25) is 5.91 Å². The normalized spacial score (nSPS) is 17.8. The predicted octanol–water partition coefficient (Wildman–Crippen LogP) is 5.00. The smallest absolute Gasteiger partial charge is 0.372 e. The van der Waals surface area contributed by atoms with E-state index < -0.39 is 11.7 Å². The molecule has 1 aromatic heterocycles. The van der Waals surface area contributed by atoms with Gasteiger partial charge in [0.25, 0.3) is 0 Å². The van der Waals surface area contributed by atoms with E-state index in [9.17, 15) is 18.0 Å². The Balaban J connectivity index is 1.44. The molecule has 3 aromatic rings. The van der Waals surface area contributed by atoms with E-state index in [4.69, 9.17) is 0 Å². The van der Waals surface area contributed by atoms with E-state index in [2.05, 4.69) is 63.5 Å². The van der Waals surface area contributed by atoms with Crippen molar-refractivity contribution in [2.45, 2.75) is 58.2 Å². The van der Waals surface area contributed by atoms with Crippen LogP contribution in [0.15, 0.2) is 73.1 Å². The average Bonchev–Trinajstić information content (AvgIpc) is 3.35. The first kappa shape index (κ1) is 28.6. The van der Waals surface area contributed by atoms with Crippen LogP contribution in [0.1, 0.15) is 42.5 Å². The van der Waals surface area contributed by atoms with Gasteiger partial charge in [0.15, 0.2) is 0 Å². The molecule has 9 heteroatoms. The summed E-state index contributed by atoms with van der Waals surface area (Å²) in [7, 11) is 0. The summed E-state index contributed by atoms with van der Waals surface area (Å²) in [6, 6.07) is 17.1. The maximum Gasteiger partial charge on any atom is 0.416 e. The SMILES string of the molecule is CCN(CC)c1ccc(CN2C[C@@H](NCc3cccc(C(F)(F)F)c3)C[C@H]2C(=O)NCc2cccnc2)cc1. The van der Waals surface area contributed by atoms with Crippen LogP contribution >= 0.6 is 0 Å². The van der Waals surface area contributed by atoms with Crippen LogP contribution in [0, 0.1) is 0 Å². The van der Waals surface area contributed by atoms with Crippen molar-refractivity contribution < 1.29 is 18.0 Å². The Morgan fingerprint density at radius 1 is 1.00 bits per heavy atom. The molecular formula is C30H36F3N5O. The summed E-state index contributed by atoms with van der Waals surface area (Å²) in [6.45, 7) is 8.02. The summed E-state index contributed by atoms with van der Waals surface area (Å²) in [5.41, 5.74) is 3.09. The predicted molar refractivity (Wildman–Crippen MR) is 147 cm³/mol. The summed E-state index contributed by atoms with van der Waals surface area (Å²) in [6.07, 6.45) is -0.395. The number of benzene rings is 2. The van der Waals surface area contributed by atoms with Gasteiger partial charge < -0.3 is 15.5 Å². The molecule has 4 rings (SSSR count). The topological polar surface area (TPSA) is 60.5 Å². The number of pyridine rings is 1. The monoisotopic (exact) mass is 539 g/mol. The van der Waals surface area contributed by atoms with Crippen molar-refractivity contribution in [1.29, 1.82) is 0 Å². The molecular weight excluding hydrogens is 503 g/mol. The molecule has 1 saturated heterocycles. The van der Waals surface area contributed by atoms with Crippen molar-refractivity contribution in [2.75, 3.05) is 24.5 Å². The number of likely N-dealkylation sites (tertiary alicyclic amines) is 1. The summed E-state index contributed by atoms with van der Waals surface area (Å²) in [4.78, 5) is 21.8. The zero-order valence-corrected chi connectivity index (χ0v) is 22.4. The summed E-state index contributed by atoms with van der Waals surface area (Å²) in [5, 5.41) is 6.42. The fourth-order valence-electron chi connectivity index (χ4n) is 5.06. The lowest BCUT2D eigenvalue weighted by atomic mass is 10.1. The van der Waals surface area contributed by atoms with Crippen molar-refractivity contribution in [3.05, 3.63) is 95.3 Å². The molecule has 0 aliphatic carbocycles. The van der Waals surface area contributed by atoms with Crippen molar-refractivity contribution in [2.24, 2.45) is 0 Å². The van der Waals surface area contributed by atoms with Gasteiger partial charge in [0.05, 0.1) is 11.6 Å². The van der Waals surface area contributed by atoms with E-state index in [1.54, 1.807) is 18.5 Å². The summed E-state index contributed by atoms with van der Waals surface area (Å²) >= 11 is 0. The first-order chi connectivity index (χ1) is 18.8. The molecule has 0 spiro atoms. The highest BCUT2D eigenvalue weighted by atomic mass is 19.4. The van der Waals surface area contributed by atoms with Gasteiger partial charge in [-0.3, -0.25) is 14.7 Å². The van der Waals surface area contributed by atoms with Gasteiger partial charge in [0, 0.05) is 63.4 Å². The number of nitrogens with one attached hydrogen (secondary N) is 2. The van der Waals surface area contributed by atoms with Crippen molar-refractivity contribution >= 4 is 11.6 Å². The number of anilines is 1. The molecule has 1 aliphatic rings. The summed E-state index contributed by atoms with van der Waals surface area (Å²) < 4.78 is 39.4. The highest BCUT2D eigenvalue weighted by Crippen LogP contribution is 2.30. The lowest BCUT2D eigenvalue weighted by Crippen LogP contribution is -2.42. The highest BCUT2D eigenvalue weighted by molar-refractivity contribution is 5.82. The van der Waals surface area contributed by atoms with Crippen molar-refractivity contribution in [1.82, 2.24) is 20.5 Å². The molecule has 1 amide bonds. The Labute approximate surface area is 228 Å². The molecule has 1 aliphatic heterocycles. The van der Waals surface area contributed by atoms with E-state index in [1.165, 1.54) is 12.1 Å². The van der Waals surface area contributed by atoms with Gasteiger partial charge in [-0.2, -0.15) is 13.2 Å². The molecule has 1 fully saturated rings. The quantitative estimate of drug-likeness (QED) is 0.359. The lowest BCUT2D eigenvalue weighted by Gasteiger charge is -2.25. The lowest BCUT2D eigenvalue weighted by molar-refractivity contribution is -0.137. The van der Waals surface area contributed by atoms with Gasteiger partial charge in [-0.25, -0.2) is 0 Å². The molecule has 2 N–H and O–H groups in total. The van der Waals surface area contributed by atoms with E-state index in [0.29, 0.717) is 38.2 Å². The van der Waals surface area contributed by atoms with E-state index in [1.807, 2.05) is 12.1 Å². The standard InChI is InChI=1S/C30H36F3N5O/c1-3-37(4-2)27-12-10-22(11-13-27)20-38-21-26(35-18-23-7-5-9-25(15-23)30(31,32)33)16-28(38)29(39)36-19-24-8-6-14-34-17-24/h5-15,17,26,28,35H,3-4,16,18-21H2,1-2H3,(H,36,39)/t26-,28-/m0/s1. The molecule has 0 saturated carbocycles. The molecule has 39 heavy (non-hydrogen) atoms. The van der Waals surface area contributed by atoms with Crippen LogP contribution < -0.4 is 15.5 Å². The maximum absolute atomic E-state index is 13.3. The first-order valence-corrected chi connectivity index (χ1v) is 13.4. The number of carbonyl (C=O) groups is 1. The zero-order valence-electron chi connectivity index (χ0n) is 22.4. The van der Waals surface area contributed by atoms with Crippen LogP contribution in [0.2, 0.25) is 0 Å². The van der Waals surface area contributed by atoms with E-state index in [-0.39, 0.29) is 18.0 Å². The van der Waals surface area contributed by atoms with Gasteiger partial charge in [-0.1, -0.05) is 36.4 Å². The second kappa shape index (κ2) is 13.1. The zero-order chi connectivity index (χ0) is 27.8.